The summed E-state index contributed by atoms with van der Waals surface area (Å²) in [5.41, 5.74) is 0.882. The molecule has 1 aliphatic heterocycles. The fraction of sp³-hybridized carbons (Fsp3) is 0.462. The van der Waals surface area contributed by atoms with Gasteiger partial charge in [0.2, 0.25) is 0 Å². The summed E-state index contributed by atoms with van der Waals surface area (Å²) in [5, 5.41) is 11.3. The van der Waals surface area contributed by atoms with Gasteiger partial charge in [-0.05, 0) is 6.92 Å². The number of rotatable bonds is 2. The van der Waals surface area contributed by atoms with Gasteiger partial charge in [0.25, 0.3) is 0 Å². The van der Waals surface area contributed by atoms with Crippen molar-refractivity contribution in [3.05, 3.63) is 29.8 Å². The number of thiocarbonyl (C=S) groups is 1. The van der Waals surface area contributed by atoms with Crippen molar-refractivity contribution >= 4 is 17.2 Å². The Morgan fingerprint density at radius 1 is 1.41 bits per heavy atom. The number of hydrogen-bond acceptors (Lipinski definition) is 2. The van der Waals surface area contributed by atoms with Gasteiger partial charge in [0.1, 0.15) is 4.99 Å². The second-order valence-electron chi connectivity index (χ2n) is 4.42. The first kappa shape index (κ1) is 12.3. The summed E-state index contributed by atoms with van der Waals surface area (Å²) in [6.07, 6.45) is 0. The van der Waals surface area contributed by atoms with Crippen LogP contribution in [0.5, 0.6) is 5.75 Å². The van der Waals surface area contributed by atoms with Crippen LogP contribution in [0.25, 0.3) is 0 Å². The van der Waals surface area contributed by atoms with Crippen molar-refractivity contribution in [3.63, 3.8) is 0 Å². The molecule has 0 amide bonds. The molecule has 1 aromatic rings. The van der Waals surface area contributed by atoms with Gasteiger partial charge in [-0.15, -0.1) is 5.75 Å². The third kappa shape index (κ3) is 2.96. The Kier molecular flexibility index (Phi) is 3.97. The molecule has 17 heavy (non-hydrogen) atoms. The molecule has 92 valence electrons. The molecule has 1 N–H and O–H groups in total. The molecule has 1 aliphatic rings. The van der Waals surface area contributed by atoms with Crippen LogP contribution in [0, 0.1) is 0 Å². The average molecular weight is 250 g/mol. The highest BCUT2D eigenvalue weighted by Crippen LogP contribution is 2.11. The van der Waals surface area contributed by atoms with Crippen molar-refractivity contribution in [1.29, 1.82) is 0 Å². The Balaban J connectivity index is 2.02. The van der Waals surface area contributed by atoms with Gasteiger partial charge in [0, 0.05) is 5.56 Å². The molecule has 1 fully saturated rings. The van der Waals surface area contributed by atoms with Crippen LogP contribution in [0.15, 0.2) is 24.3 Å². The molecule has 0 aliphatic carbocycles. The molecule has 0 radical (unpaired) electrons. The summed E-state index contributed by atoms with van der Waals surface area (Å²) < 4.78 is 0. The predicted octanol–water partition coefficient (Wildman–Crippen LogP) is -0.344. The van der Waals surface area contributed by atoms with Crippen molar-refractivity contribution in [2.75, 3.05) is 32.7 Å². The van der Waals surface area contributed by atoms with Gasteiger partial charge in [0.15, 0.2) is 0 Å². The second kappa shape index (κ2) is 5.47. The van der Waals surface area contributed by atoms with Crippen LogP contribution in [-0.4, -0.2) is 42.6 Å². The summed E-state index contributed by atoms with van der Waals surface area (Å²) in [6.45, 7) is 7.64. The Hall–Kier alpha value is -1.13. The largest absolute Gasteiger partial charge is 0.872 e. The number of likely N-dealkylation sites (N-methyl/N-ethyl adjacent to an activating group) is 1. The number of benzene rings is 1. The van der Waals surface area contributed by atoms with Gasteiger partial charge in [0.05, 0.1) is 32.7 Å². The van der Waals surface area contributed by atoms with Crippen LogP contribution in [0.2, 0.25) is 0 Å². The molecule has 0 spiro atoms. The lowest BCUT2D eigenvalue weighted by Crippen LogP contribution is -3.14. The van der Waals surface area contributed by atoms with E-state index in [9.17, 15) is 5.11 Å². The topological polar surface area (TPSA) is 30.7 Å². The van der Waals surface area contributed by atoms with Crippen LogP contribution in [0.1, 0.15) is 12.5 Å². The molecule has 1 heterocycles. The second-order valence-corrected chi connectivity index (χ2v) is 4.81. The third-order valence-corrected chi connectivity index (χ3v) is 3.83. The van der Waals surface area contributed by atoms with Gasteiger partial charge in [-0.3, -0.25) is 0 Å². The summed E-state index contributed by atoms with van der Waals surface area (Å²) in [5.74, 6) is 0.0302. The molecule has 4 heteroatoms. The van der Waals surface area contributed by atoms with Crippen molar-refractivity contribution < 1.29 is 10.0 Å². The van der Waals surface area contributed by atoms with Crippen LogP contribution in [0.4, 0.5) is 0 Å². The van der Waals surface area contributed by atoms with E-state index in [0.717, 1.165) is 36.7 Å². The molecule has 2 rings (SSSR count). The Bertz CT molecular complexity index is 400. The van der Waals surface area contributed by atoms with E-state index in [1.54, 1.807) is 23.1 Å². The number of nitrogens with zero attached hydrogens (tertiary/aromatic N) is 1. The van der Waals surface area contributed by atoms with Gasteiger partial charge >= 0.3 is 0 Å². The number of piperazine rings is 1. The van der Waals surface area contributed by atoms with Gasteiger partial charge in [-0.25, -0.2) is 0 Å². The Morgan fingerprint density at radius 2 is 2.12 bits per heavy atom. The van der Waals surface area contributed by atoms with Crippen molar-refractivity contribution in [3.8, 4) is 5.75 Å². The Labute approximate surface area is 108 Å². The smallest absolute Gasteiger partial charge is 0.109 e. The zero-order chi connectivity index (χ0) is 12.3. The first-order valence-corrected chi connectivity index (χ1v) is 6.51. The maximum Gasteiger partial charge on any atom is 0.109 e. The standard InChI is InChI=1S/C13H18N2OS/c1-2-14-6-8-15(9-7-14)13(17)11-4-3-5-12(16)10-11/h3-5,10,16H,2,6-9H2,1H3. The highest BCUT2D eigenvalue weighted by atomic mass is 32.1. The molecule has 3 nitrogen and oxygen atoms in total. The molecule has 0 bridgehead atoms. The van der Waals surface area contributed by atoms with Gasteiger partial charge in [-0.1, -0.05) is 36.5 Å². The van der Waals surface area contributed by atoms with Crippen molar-refractivity contribution in [1.82, 2.24) is 4.90 Å². The highest BCUT2D eigenvalue weighted by molar-refractivity contribution is 7.80. The van der Waals surface area contributed by atoms with Crippen molar-refractivity contribution in [2.24, 2.45) is 0 Å². The van der Waals surface area contributed by atoms with Gasteiger partial charge < -0.3 is 14.9 Å². The third-order valence-electron chi connectivity index (χ3n) is 3.34. The number of quaternary nitrogens is 1. The van der Waals surface area contributed by atoms with E-state index in [4.69, 9.17) is 12.2 Å². The molecular weight excluding hydrogens is 232 g/mol. The average Bonchev–Trinajstić information content (AvgIpc) is 2.38. The molecule has 0 saturated carbocycles. The zero-order valence-corrected chi connectivity index (χ0v) is 10.9. The minimum absolute atomic E-state index is 0.0302. The number of hydrogen-bond donors (Lipinski definition) is 1. The van der Waals surface area contributed by atoms with E-state index in [0.29, 0.717) is 0 Å². The summed E-state index contributed by atoms with van der Waals surface area (Å²) in [4.78, 5) is 4.66. The lowest BCUT2D eigenvalue weighted by Gasteiger charge is -2.33. The molecule has 1 aromatic carbocycles. The van der Waals surface area contributed by atoms with Gasteiger partial charge in [-0.2, -0.15) is 0 Å². The monoisotopic (exact) mass is 250 g/mol. The molecular formula is C13H18N2OS. The molecule has 0 atom stereocenters. The zero-order valence-electron chi connectivity index (χ0n) is 10.1. The van der Waals surface area contributed by atoms with Crippen LogP contribution >= 0.6 is 12.2 Å². The van der Waals surface area contributed by atoms with Crippen molar-refractivity contribution in [2.45, 2.75) is 6.92 Å². The van der Waals surface area contributed by atoms with E-state index in [1.165, 1.54) is 6.54 Å². The Morgan fingerprint density at radius 3 is 2.71 bits per heavy atom. The maximum atomic E-state index is 11.3. The minimum Gasteiger partial charge on any atom is -0.872 e. The summed E-state index contributed by atoms with van der Waals surface area (Å²) in [6, 6.07) is 6.88. The fourth-order valence-corrected chi connectivity index (χ4v) is 2.50. The lowest BCUT2D eigenvalue weighted by atomic mass is 10.2. The van der Waals surface area contributed by atoms with Crippen LogP contribution < -0.4 is 10.0 Å². The quantitative estimate of drug-likeness (QED) is 0.728. The van der Waals surface area contributed by atoms with E-state index >= 15 is 0 Å². The van der Waals surface area contributed by atoms with Crippen LogP contribution in [-0.2, 0) is 0 Å². The van der Waals surface area contributed by atoms with E-state index in [1.807, 2.05) is 6.07 Å². The first-order chi connectivity index (χ1) is 8.20. The SMILES string of the molecule is CC[NH+]1CCN(C(=S)c2cccc([O-])c2)CC1. The molecule has 0 unspecified atom stereocenters. The van der Waals surface area contributed by atoms with Crippen LogP contribution in [0.3, 0.4) is 0 Å². The van der Waals surface area contributed by atoms with E-state index in [-0.39, 0.29) is 5.75 Å². The molecule has 0 aromatic heterocycles. The first-order valence-electron chi connectivity index (χ1n) is 6.10. The maximum absolute atomic E-state index is 11.3. The van der Waals surface area contributed by atoms with E-state index in [2.05, 4.69) is 11.8 Å². The summed E-state index contributed by atoms with van der Waals surface area (Å²) in [7, 11) is 0. The molecule has 1 saturated heterocycles. The van der Waals surface area contributed by atoms with E-state index < -0.39 is 0 Å². The predicted molar refractivity (Wildman–Crippen MR) is 70.4 cm³/mol. The normalized spacial score (nSPS) is 17.1. The lowest BCUT2D eigenvalue weighted by molar-refractivity contribution is -0.902. The fourth-order valence-electron chi connectivity index (χ4n) is 2.19. The highest BCUT2D eigenvalue weighted by Gasteiger charge is 2.20. The summed E-state index contributed by atoms with van der Waals surface area (Å²) >= 11 is 5.45. The minimum atomic E-state index is 0.0302. The number of nitrogens with one attached hydrogen (secondary N) is 1.